The van der Waals surface area contributed by atoms with Crippen molar-refractivity contribution < 1.29 is 19.1 Å². The van der Waals surface area contributed by atoms with E-state index in [1.165, 1.54) is 25.1 Å². The van der Waals surface area contributed by atoms with Crippen LogP contribution in [0.25, 0.3) is 0 Å². The van der Waals surface area contributed by atoms with E-state index in [0.29, 0.717) is 6.29 Å². The second-order valence-corrected chi connectivity index (χ2v) is 4.48. The van der Waals surface area contributed by atoms with Crippen LogP contribution in [-0.2, 0) is 16.0 Å². The Morgan fingerprint density at radius 2 is 2.21 bits per heavy atom. The van der Waals surface area contributed by atoms with Crippen LogP contribution in [0.5, 0.6) is 0 Å². The summed E-state index contributed by atoms with van der Waals surface area (Å²) < 4.78 is 13.6. The molecule has 1 aromatic rings. The van der Waals surface area contributed by atoms with Gasteiger partial charge >= 0.3 is 0 Å². The zero-order valence-electron chi connectivity index (χ0n) is 10.6. The van der Waals surface area contributed by atoms with Gasteiger partial charge in [0.25, 0.3) is 0 Å². The number of carbonyl (C=O) groups excluding carboxylic acids is 2. The van der Waals surface area contributed by atoms with E-state index in [1.54, 1.807) is 6.07 Å². The average molecular weight is 268 g/mol. The molecule has 0 radical (unpaired) electrons. The third-order valence-electron chi connectivity index (χ3n) is 2.76. The molecule has 4 N–H and O–H groups in total. The first-order valence-electron chi connectivity index (χ1n) is 5.82. The topological polar surface area (TPSA) is 92.4 Å². The summed E-state index contributed by atoms with van der Waals surface area (Å²) in [7, 11) is 0. The zero-order chi connectivity index (χ0) is 14.5. The van der Waals surface area contributed by atoms with Crippen LogP contribution in [0.1, 0.15) is 12.5 Å². The number of aliphatic hydroxyl groups excluding tert-OH is 1. The molecule has 19 heavy (non-hydrogen) atoms. The summed E-state index contributed by atoms with van der Waals surface area (Å²) in [4.78, 5) is 22.7. The smallest absolute Gasteiger partial charge is 0.237 e. The van der Waals surface area contributed by atoms with Gasteiger partial charge in [0.2, 0.25) is 5.91 Å². The highest BCUT2D eigenvalue weighted by molar-refractivity contribution is 5.85. The van der Waals surface area contributed by atoms with Gasteiger partial charge in [0.15, 0.2) is 0 Å². The van der Waals surface area contributed by atoms with Crippen molar-refractivity contribution in [3.05, 3.63) is 35.6 Å². The van der Waals surface area contributed by atoms with Crippen molar-refractivity contribution in [2.45, 2.75) is 24.9 Å². The molecule has 0 saturated carbocycles. The largest absolute Gasteiger partial charge is 0.393 e. The number of aldehydes is 1. The summed E-state index contributed by atoms with van der Waals surface area (Å²) >= 11 is 0. The van der Waals surface area contributed by atoms with Crippen LogP contribution >= 0.6 is 0 Å². The molecule has 0 spiro atoms. The number of halogens is 1. The van der Waals surface area contributed by atoms with Gasteiger partial charge in [0.05, 0.1) is 12.6 Å². The number of hydrogen-bond donors (Lipinski definition) is 3. The summed E-state index contributed by atoms with van der Waals surface area (Å²) in [6.45, 7) is 0.814. The van der Waals surface area contributed by atoms with E-state index in [4.69, 9.17) is 5.73 Å². The monoisotopic (exact) mass is 268 g/mol. The quantitative estimate of drug-likeness (QED) is 0.621. The Morgan fingerprint density at radius 1 is 1.58 bits per heavy atom. The first-order chi connectivity index (χ1) is 8.94. The normalized spacial score (nSPS) is 15.4. The van der Waals surface area contributed by atoms with Gasteiger partial charge in [-0.25, -0.2) is 4.39 Å². The standard InChI is InChI=1S/C13H17FN2O3/c1-9(15)12(19)16-13(7-17,8-18)6-10-4-2-3-5-11(10)14/h2-5,7,9,18H,6,8,15H2,1H3,(H,16,19)/t9-,13?/m0/s1. The fourth-order valence-corrected chi connectivity index (χ4v) is 1.59. The first-order valence-corrected chi connectivity index (χ1v) is 5.82. The van der Waals surface area contributed by atoms with Crippen LogP contribution < -0.4 is 11.1 Å². The van der Waals surface area contributed by atoms with Gasteiger partial charge in [0.1, 0.15) is 17.6 Å². The maximum absolute atomic E-state index is 13.6. The SMILES string of the molecule is C[C@H](N)C(=O)NC(C=O)(CO)Cc1ccccc1F. The predicted octanol–water partition coefficient (Wildman–Crippen LogP) is -0.238. The lowest BCUT2D eigenvalue weighted by atomic mass is 9.92. The van der Waals surface area contributed by atoms with E-state index in [0.717, 1.165) is 0 Å². The van der Waals surface area contributed by atoms with Crippen molar-refractivity contribution in [3.63, 3.8) is 0 Å². The van der Waals surface area contributed by atoms with E-state index in [1.807, 2.05) is 0 Å². The summed E-state index contributed by atoms with van der Waals surface area (Å²) in [6, 6.07) is 5.03. The van der Waals surface area contributed by atoms with Crippen LogP contribution in [0.4, 0.5) is 4.39 Å². The molecule has 6 heteroatoms. The van der Waals surface area contributed by atoms with Crippen molar-refractivity contribution >= 4 is 12.2 Å². The number of carbonyl (C=O) groups is 2. The minimum atomic E-state index is -1.56. The zero-order valence-corrected chi connectivity index (χ0v) is 10.6. The molecule has 0 aliphatic rings. The molecule has 0 aliphatic carbocycles. The lowest BCUT2D eigenvalue weighted by molar-refractivity contribution is -0.128. The number of nitrogens with two attached hydrogens (primary N) is 1. The molecule has 0 heterocycles. The van der Waals surface area contributed by atoms with Crippen molar-refractivity contribution in [1.29, 1.82) is 0 Å². The summed E-state index contributed by atoms with van der Waals surface area (Å²) in [6.07, 6.45) is 0.262. The van der Waals surface area contributed by atoms with Crippen LogP contribution in [-0.4, -0.2) is 35.5 Å². The van der Waals surface area contributed by atoms with Gasteiger partial charge in [-0.1, -0.05) is 18.2 Å². The number of aliphatic hydroxyl groups is 1. The highest BCUT2D eigenvalue weighted by atomic mass is 19.1. The Morgan fingerprint density at radius 3 is 2.68 bits per heavy atom. The Hall–Kier alpha value is -1.79. The number of benzene rings is 1. The summed E-state index contributed by atoms with van der Waals surface area (Å²) in [5, 5.41) is 11.7. The van der Waals surface area contributed by atoms with E-state index in [-0.39, 0.29) is 12.0 Å². The second-order valence-electron chi connectivity index (χ2n) is 4.48. The highest BCUT2D eigenvalue weighted by Crippen LogP contribution is 2.15. The summed E-state index contributed by atoms with van der Waals surface area (Å²) in [5.41, 5.74) is 4.06. The fraction of sp³-hybridized carbons (Fsp3) is 0.385. The third-order valence-corrected chi connectivity index (χ3v) is 2.76. The molecule has 0 saturated heterocycles. The van der Waals surface area contributed by atoms with Crippen LogP contribution in [0.15, 0.2) is 24.3 Å². The molecule has 1 aromatic carbocycles. The number of rotatable bonds is 6. The van der Waals surface area contributed by atoms with Crippen molar-refractivity contribution in [2.24, 2.45) is 5.73 Å². The van der Waals surface area contributed by atoms with Gasteiger partial charge in [-0.2, -0.15) is 0 Å². The molecule has 1 amide bonds. The highest BCUT2D eigenvalue weighted by Gasteiger charge is 2.33. The van der Waals surface area contributed by atoms with Gasteiger partial charge in [-0.3, -0.25) is 4.79 Å². The van der Waals surface area contributed by atoms with Crippen LogP contribution in [0, 0.1) is 5.82 Å². The van der Waals surface area contributed by atoms with E-state index in [2.05, 4.69) is 5.32 Å². The maximum Gasteiger partial charge on any atom is 0.237 e. The minimum Gasteiger partial charge on any atom is -0.393 e. The van der Waals surface area contributed by atoms with E-state index >= 15 is 0 Å². The first kappa shape index (κ1) is 15.3. The molecule has 104 valence electrons. The molecule has 1 unspecified atom stereocenters. The van der Waals surface area contributed by atoms with Gasteiger partial charge in [-0.15, -0.1) is 0 Å². The van der Waals surface area contributed by atoms with Crippen molar-refractivity contribution in [2.75, 3.05) is 6.61 Å². The Kier molecular flexibility index (Phi) is 5.14. The Labute approximate surface area is 110 Å². The number of amides is 1. The summed E-state index contributed by atoms with van der Waals surface area (Å²) in [5.74, 6) is -1.09. The Bertz CT molecular complexity index is 465. The molecular formula is C13H17FN2O3. The van der Waals surface area contributed by atoms with Crippen LogP contribution in [0.2, 0.25) is 0 Å². The Balaban J connectivity index is 2.97. The minimum absolute atomic E-state index is 0.141. The molecule has 2 atom stereocenters. The third kappa shape index (κ3) is 3.84. The molecular weight excluding hydrogens is 251 g/mol. The number of nitrogens with one attached hydrogen (secondary N) is 1. The van der Waals surface area contributed by atoms with Crippen LogP contribution in [0.3, 0.4) is 0 Å². The predicted molar refractivity (Wildman–Crippen MR) is 67.8 cm³/mol. The van der Waals surface area contributed by atoms with E-state index < -0.39 is 29.9 Å². The average Bonchev–Trinajstić information content (AvgIpc) is 2.40. The van der Waals surface area contributed by atoms with Crippen molar-refractivity contribution in [1.82, 2.24) is 5.32 Å². The van der Waals surface area contributed by atoms with Crippen molar-refractivity contribution in [3.8, 4) is 0 Å². The number of hydrogen-bond acceptors (Lipinski definition) is 4. The molecule has 0 aromatic heterocycles. The van der Waals surface area contributed by atoms with Gasteiger partial charge < -0.3 is 21.0 Å². The molecule has 5 nitrogen and oxygen atoms in total. The lowest BCUT2D eigenvalue weighted by Crippen LogP contribution is -2.57. The van der Waals surface area contributed by atoms with Gasteiger partial charge in [-0.05, 0) is 18.6 Å². The molecule has 1 rings (SSSR count). The van der Waals surface area contributed by atoms with E-state index in [9.17, 15) is 19.1 Å². The molecule has 0 fully saturated rings. The van der Waals surface area contributed by atoms with Gasteiger partial charge in [0, 0.05) is 6.42 Å². The second kappa shape index (κ2) is 6.40. The maximum atomic E-state index is 13.6. The fourth-order valence-electron chi connectivity index (χ4n) is 1.59. The lowest BCUT2D eigenvalue weighted by Gasteiger charge is -2.28. The molecule has 0 aliphatic heterocycles. The molecule has 0 bridgehead atoms.